The molecule has 0 aromatic rings. The molecule has 3 saturated carbocycles. The van der Waals surface area contributed by atoms with Crippen molar-refractivity contribution in [1.29, 1.82) is 0 Å². The summed E-state index contributed by atoms with van der Waals surface area (Å²) in [6.45, 7) is 4.85. The highest BCUT2D eigenvalue weighted by atomic mass is 16.7. The zero-order chi connectivity index (χ0) is 21.9. The maximum Gasteiger partial charge on any atom is 0.190 e. The van der Waals surface area contributed by atoms with Gasteiger partial charge in [-0.05, 0) is 93.8 Å². The highest BCUT2D eigenvalue weighted by Gasteiger charge is 2.65. The molecule has 5 nitrogen and oxygen atoms in total. The Labute approximate surface area is 186 Å². The zero-order valence-corrected chi connectivity index (χ0v) is 19.3. The molecule has 0 aromatic carbocycles. The van der Waals surface area contributed by atoms with Crippen molar-refractivity contribution in [2.45, 2.75) is 102 Å². The predicted octanol–water partition coefficient (Wildman–Crippen LogP) is 4.15. The van der Waals surface area contributed by atoms with Gasteiger partial charge in [-0.3, -0.25) is 4.79 Å². The van der Waals surface area contributed by atoms with E-state index in [4.69, 9.17) is 9.47 Å². The number of fused-ring (bicyclic) bond motifs is 5. The fourth-order valence-electron chi connectivity index (χ4n) is 8.38. The second-order valence-electron chi connectivity index (χ2n) is 11.5. The second kappa shape index (κ2) is 7.93. The summed E-state index contributed by atoms with van der Waals surface area (Å²) in [4.78, 5) is 12.5. The largest absolute Gasteiger partial charge is 0.388 e. The monoisotopic (exact) mass is 432 g/mol. The Hall–Kier alpha value is -0.750. The lowest BCUT2D eigenvalue weighted by Crippen LogP contribution is -2.58. The molecule has 1 saturated heterocycles. The molecular weight excluding hydrogens is 392 g/mol. The Kier molecular flexibility index (Phi) is 5.64. The van der Waals surface area contributed by atoms with Crippen molar-refractivity contribution in [3.05, 3.63) is 11.6 Å². The molecule has 0 radical (unpaired) electrons. The van der Waals surface area contributed by atoms with Gasteiger partial charge >= 0.3 is 0 Å². The smallest absolute Gasteiger partial charge is 0.190 e. The van der Waals surface area contributed by atoms with E-state index in [2.05, 4.69) is 19.9 Å². The van der Waals surface area contributed by atoms with Crippen molar-refractivity contribution in [3.63, 3.8) is 0 Å². The lowest BCUT2D eigenvalue weighted by molar-refractivity contribution is -0.196. The van der Waals surface area contributed by atoms with Gasteiger partial charge in [-0.15, -0.1) is 0 Å². The van der Waals surface area contributed by atoms with Crippen molar-refractivity contribution < 1.29 is 24.5 Å². The van der Waals surface area contributed by atoms with Gasteiger partial charge in [-0.2, -0.15) is 0 Å². The van der Waals surface area contributed by atoms with Crippen molar-refractivity contribution in [2.24, 2.45) is 28.6 Å². The molecule has 31 heavy (non-hydrogen) atoms. The normalized spacial score (nSPS) is 49.5. The highest BCUT2D eigenvalue weighted by molar-refractivity contribution is 5.89. The van der Waals surface area contributed by atoms with Crippen LogP contribution >= 0.6 is 0 Å². The lowest BCUT2D eigenvalue weighted by atomic mass is 9.46. The fraction of sp³-hybridized carbons (Fsp3) is 0.885. The van der Waals surface area contributed by atoms with Crippen LogP contribution in [0.15, 0.2) is 11.6 Å². The number of aliphatic hydroxyl groups is 2. The number of ketones is 1. The minimum atomic E-state index is -1.35. The van der Waals surface area contributed by atoms with Gasteiger partial charge in [0, 0.05) is 12.0 Å². The van der Waals surface area contributed by atoms with Crippen LogP contribution in [0.4, 0.5) is 0 Å². The summed E-state index contributed by atoms with van der Waals surface area (Å²) in [5, 5.41) is 20.8. The molecule has 8 atom stereocenters. The van der Waals surface area contributed by atoms with Crippen LogP contribution in [-0.4, -0.2) is 47.2 Å². The van der Waals surface area contributed by atoms with Gasteiger partial charge in [-0.25, -0.2) is 0 Å². The van der Waals surface area contributed by atoms with E-state index >= 15 is 0 Å². The number of allylic oxidation sites excluding steroid dienone is 1. The average molecular weight is 433 g/mol. The molecular formula is C26H40O5. The summed E-state index contributed by atoms with van der Waals surface area (Å²) >= 11 is 0. The Morgan fingerprint density at radius 3 is 2.68 bits per heavy atom. The van der Waals surface area contributed by atoms with Gasteiger partial charge in [0.25, 0.3) is 0 Å². The third-order valence-corrected chi connectivity index (χ3v) is 10.3. The van der Waals surface area contributed by atoms with Gasteiger partial charge in [0.05, 0.1) is 6.10 Å². The van der Waals surface area contributed by atoms with E-state index in [1.165, 1.54) is 6.42 Å². The topological polar surface area (TPSA) is 76.0 Å². The second-order valence-corrected chi connectivity index (χ2v) is 11.5. The first-order valence-electron chi connectivity index (χ1n) is 12.6. The minimum absolute atomic E-state index is 0.0179. The van der Waals surface area contributed by atoms with E-state index in [-0.39, 0.29) is 23.6 Å². The molecule has 1 heterocycles. The average Bonchev–Trinajstić information content (AvgIpc) is 3.06. The fourth-order valence-corrected chi connectivity index (χ4v) is 8.38. The van der Waals surface area contributed by atoms with E-state index in [0.717, 1.165) is 64.4 Å². The number of Topliss-reactive ketones (excluding diaryl/α,β-unsaturated/α-hetero) is 1. The first-order valence-corrected chi connectivity index (χ1v) is 12.6. The number of carbonyl (C=O) groups is 1. The predicted molar refractivity (Wildman–Crippen MR) is 117 cm³/mol. The van der Waals surface area contributed by atoms with Gasteiger partial charge in [0.1, 0.15) is 12.2 Å². The molecule has 5 rings (SSSR count). The number of rotatable bonds is 4. The molecule has 5 aliphatic rings. The highest BCUT2D eigenvalue weighted by Crippen LogP contribution is 2.67. The van der Waals surface area contributed by atoms with E-state index < -0.39 is 17.6 Å². The molecule has 2 N–H and O–H groups in total. The van der Waals surface area contributed by atoms with Gasteiger partial charge in [0.2, 0.25) is 0 Å². The number of aliphatic hydroxyl groups excluding tert-OH is 1. The lowest BCUT2D eigenvalue weighted by Gasteiger charge is -2.59. The van der Waals surface area contributed by atoms with E-state index in [0.29, 0.717) is 24.2 Å². The zero-order valence-electron chi connectivity index (χ0n) is 19.3. The molecule has 1 unspecified atom stereocenters. The van der Waals surface area contributed by atoms with Crippen LogP contribution < -0.4 is 0 Å². The summed E-state index contributed by atoms with van der Waals surface area (Å²) in [7, 11) is 0. The Bertz CT molecular complexity index is 742. The van der Waals surface area contributed by atoms with Crippen LogP contribution in [0.5, 0.6) is 0 Å². The van der Waals surface area contributed by atoms with Gasteiger partial charge in [-0.1, -0.05) is 25.5 Å². The summed E-state index contributed by atoms with van der Waals surface area (Å²) in [5.41, 5.74) is 0.0190. The summed E-state index contributed by atoms with van der Waals surface area (Å²) in [6, 6.07) is 0. The summed E-state index contributed by atoms with van der Waals surface area (Å²) in [6.07, 6.45) is 13.7. The molecule has 174 valence electrons. The van der Waals surface area contributed by atoms with Crippen LogP contribution in [-0.2, 0) is 14.3 Å². The van der Waals surface area contributed by atoms with E-state index in [1.807, 2.05) is 0 Å². The Balaban J connectivity index is 1.33. The maximum atomic E-state index is 12.5. The van der Waals surface area contributed by atoms with E-state index in [1.54, 1.807) is 5.57 Å². The van der Waals surface area contributed by atoms with Crippen molar-refractivity contribution in [3.8, 4) is 0 Å². The van der Waals surface area contributed by atoms with Gasteiger partial charge < -0.3 is 19.7 Å². The number of ether oxygens (including phenoxy) is 2. The standard InChI is InChI=1S/C26H40O5/c1-24-11-8-18(31-23-5-3-4-14-30-23)15-17(24)6-7-19-20(24)9-12-25(2)21(19)10-13-26(25,29)22(28)16-27/h6,18-21,23,27,29H,3-5,7-16H2,1-2H3/t18-,19+,20-,21-,23?,24-,25-,26-/m0/s1. The molecule has 0 amide bonds. The molecule has 4 aliphatic carbocycles. The van der Waals surface area contributed by atoms with Crippen LogP contribution in [0, 0.1) is 28.6 Å². The molecule has 5 heteroatoms. The van der Waals surface area contributed by atoms with Crippen LogP contribution in [0.3, 0.4) is 0 Å². The molecule has 0 spiro atoms. The van der Waals surface area contributed by atoms with Crippen molar-refractivity contribution in [1.82, 2.24) is 0 Å². The number of carbonyl (C=O) groups excluding carboxylic acids is 1. The van der Waals surface area contributed by atoms with Crippen molar-refractivity contribution in [2.75, 3.05) is 13.2 Å². The minimum Gasteiger partial charge on any atom is -0.388 e. The number of hydrogen-bond acceptors (Lipinski definition) is 5. The first-order chi connectivity index (χ1) is 14.8. The van der Waals surface area contributed by atoms with E-state index in [9.17, 15) is 15.0 Å². The Morgan fingerprint density at radius 1 is 1.13 bits per heavy atom. The molecule has 4 fully saturated rings. The summed E-state index contributed by atoms with van der Waals surface area (Å²) in [5.74, 6) is 1.11. The molecule has 0 bridgehead atoms. The summed E-state index contributed by atoms with van der Waals surface area (Å²) < 4.78 is 12.2. The third-order valence-electron chi connectivity index (χ3n) is 10.3. The SMILES string of the molecule is C[C@]12CC[C@H](OC3CCCCO3)CC1=CC[C@@H]1[C@@H]2CC[C@@]2(C)[C@H]1CC[C@]2(O)C(=O)CO. The molecule has 1 aliphatic heterocycles. The third kappa shape index (κ3) is 3.29. The van der Waals surface area contributed by atoms with Crippen LogP contribution in [0.2, 0.25) is 0 Å². The number of hydrogen-bond donors (Lipinski definition) is 2. The quantitative estimate of drug-likeness (QED) is 0.653. The van der Waals surface area contributed by atoms with Crippen molar-refractivity contribution >= 4 is 5.78 Å². The Morgan fingerprint density at radius 2 is 1.94 bits per heavy atom. The first kappa shape index (κ1) is 22.1. The van der Waals surface area contributed by atoms with Crippen LogP contribution in [0.1, 0.15) is 84.5 Å². The van der Waals surface area contributed by atoms with Gasteiger partial charge in [0.15, 0.2) is 12.1 Å². The maximum absolute atomic E-state index is 12.5. The molecule has 0 aromatic heterocycles. The van der Waals surface area contributed by atoms with Crippen LogP contribution in [0.25, 0.3) is 0 Å².